The molecular weight excluding hydrogens is 230 g/mol. The Hall–Kier alpha value is -1.75. The summed E-state index contributed by atoms with van der Waals surface area (Å²) in [5.41, 5.74) is 1.96. The summed E-state index contributed by atoms with van der Waals surface area (Å²) in [6.07, 6.45) is 0. The average Bonchev–Trinajstić information content (AvgIpc) is 2.20. The van der Waals surface area contributed by atoms with Crippen LogP contribution in [0.5, 0.6) is 0 Å². The molecule has 0 amide bonds. The van der Waals surface area contributed by atoms with E-state index in [9.17, 15) is 10.1 Å². The van der Waals surface area contributed by atoms with E-state index in [1.54, 1.807) is 13.0 Å². The van der Waals surface area contributed by atoms with Gasteiger partial charge in [0.05, 0.1) is 21.8 Å². The number of aryl methyl sites for hydroxylation is 2. The van der Waals surface area contributed by atoms with Gasteiger partial charge in [-0.3, -0.25) is 10.1 Å². The van der Waals surface area contributed by atoms with Crippen LogP contribution in [0.15, 0.2) is 12.1 Å². The van der Waals surface area contributed by atoms with Crippen molar-refractivity contribution in [3.63, 3.8) is 0 Å². The Morgan fingerprint density at radius 3 is 2.50 bits per heavy atom. The number of hydrogen-bond acceptors (Lipinski definition) is 4. The number of benzene rings is 1. The first-order valence-electron chi connectivity index (χ1n) is 4.58. The topological polar surface area (TPSA) is 68.9 Å². The summed E-state index contributed by atoms with van der Waals surface area (Å²) < 4.78 is 0. The highest BCUT2D eigenvalue weighted by Crippen LogP contribution is 2.31. The Morgan fingerprint density at radius 2 is 1.88 bits per heavy atom. The van der Waals surface area contributed by atoms with Crippen LogP contribution in [0.1, 0.15) is 11.4 Å². The molecule has 0 unspecified atom stereocenters. The minimum absolute atomic E-state index is 0.0788. The van der Waals surface area contributed by atoms with E-state index >= 15 is 0 Å². The molecule has 0 aliphatic rings. The smallest absolute Gasteiger partial charge is 0.258 e. The molecule has 0 saturated heterocycles. The van der Waals surface area contributed by atoms with E-state index in [-0.39, 0.29) is 16.2 Å². The zero-order valence-electron chi connectivity index (χ0n) is 8.69. The third kappa shape index (κ3) is 1.59. The molecular formula is C10H8ClN3O2. The van der Waals surface area contributed by atoms with E-state index in [4.69, 9.17) is 11.6 Å². The number of nitro groups is 1. The molecule has 0 radical (unpaired) electrons. The van der Waals surface area contributed by atoms with Gasteiger partial charge in [-0.05, 0) is 26.0 Å². The van der Waals surface area contributed by atoms with Crippen molar-refractivity contribution in [2.24, 2.45) is 0 Å². The molecule has 6 heteroatoms. The molecule has 1 heterocycles. The molecule has 1 aromatic heterocycles. The van der Waals surface area contributed by atoms with Gasteiger partial charge in [0, 0.05) is 0 Å². The Balaban J connectivity index is 2.92. The fourth-order valence-electron chi connectivity index (χ4n) is 1.43. The van der Waals surface area contributed by atoms with Crippen molar-refractivity contribution in [1.82, 2.24) is 9.97 Å². The molecule has 82 valence electrons. The highest BCUT2D eigenvalue weighted by Gasteiger charge is 2.19. The van der Waals surface area contributed by atoms with Crippen LogP contribution in [0, 0.1) is 24.0 Å². The van der Waals surface area contributed by atoms with E-state index in [1.807, 2.05) is 6.92 Å². The molecule has 2 rings (SSSR count). The van der Waals surface area contributed by atoms with E-state index < -0.39 is 4.92 Å². The molecule has 0 N–H and O–H groups in total. The van der Waals surface area contributed by atoms with Crippen molar-refractivity contribution in [3.05, 3.63) is 38.7 Å². The van der Waals surface area contributed by atoms with Crippen molar-refractivity contribution in [2.45, 2.75) is 13.8 Å². The van der Waals surface area contributed by atoms with Gasteiger partial charge in [-0.1, -0.05) is 11.6 Å². The fraction of sp³-hybridized carbons (Fsp3) is 0.200. The lowest BCUT2D eigenvalue weighted by molar-refractivity contribution is -0.383. The maximum absolute atomic E-state index is 10.9. The van der Waals surface area contributed by atoms with Crippen LogP contribution in [0.3, 0.4) is 0 Å². The van der Waals surface area contributed by atoms with Crippen molar-refractivity contribution < 1.29 is 4.92 Å². The average molecular weight is 238 g/mol. The normalized spacial score (nSPS) is 10.7. The summed E-state index contributed by atoms with van der Waals surface area (Å²) in [5.74, 6) is 0. The Morgan fingerprint density at radius 1 is 1.25 bits per heavy atom. The van der Waals surface area contributed by atoms with Crippen molar-refractivity contribution in [2.75, 3.05) is 0 Å². The Bertz CT molecular complexity index is 598. The van der Waals surface area contributed by atoms with Gasteiger partial charge in [-0.15, -0.1) is 0 Å². The molecule has 0 bridgehead atoms. The van der Waals surface area contributed by atoms with Gasteiger partial charge in [-0.25, -0.2) is 9.97 Å². The molecule has 0 aliphatic heterocycles. The van der Waals surface area contributed by atoms with Gasteiger partial charge >= 0.3 is 5.69 Å². The van der Waals surface area contributed by atoms with E-state index in [0.717, 1.165) is 5.69 Å². The maximum atomic E-state index is 10.9. The number of rotatable bonds is 1. The van der Waals surface area contributed by atoms with E-state index in [2.05, 4.69) is 9.97 Å². The first kappa shape index (κ1) is 10.8. The summed E-state index contributed by atoms with van der Waals surface area (Å²) in [6, 6.07) is 3.09. The van der Waals surface area contributed by atoms with Crippen LogP contribution in [0.25, 0.3) is 11.0 Å². The van der Waals surface area contributed by atoms with Crippen LogP contribution >= 0.6 is 11.6 Å². The van der Waals surface area contributed by atoms with Crippen molar-refractivity contribution in [3.8, 4) is 0 Å². The van der Waals surface area contributed by atoms with Gasteiger partial charge in [0.25, 0.3) is 0 Å². The largest absolute Gasteiger partial charge is 0.315 e. The number of aromatic nitrogens is 2. The van der Waals surface area contributed by atoms with Gasteiger partial charge in [-0.2, -0.15) is 0 Å². The zero-order chi connectivity index (χ0) is 11.9. The van der Waals surface area contributed by atoms with Gasteiger partial charge in [0.15, 0.2) is 5.52 Å². The highest BCUT2D eigenvalue weighted by atomic mass is 35.5. The van der Waals surface area contributed by atoms with Gasteiger partial charge in [0.2, 0.25) is 0 Å². The first-order chi connectivity index (χ1) is 7.50. The summed E-state index contributed by atoms with van der Waals surface area (Å²) in [7, 11) is 0. The lowest BCUT2D eigenvalue weighted by Gasteiger charge is -2.03. The minimum atomic E-state index is -0.534. The molecule has 0 fully saturated rings. The van der Waals surface area contributed by atoms with E-state index in [1.165, 1.54) is 6.07 Å². The summed E-state index contributed by atoms with van der Waals surface area (Å²) >= 11 is 5.78. The molecule has 0 atom stereocenters. The highest BCUT2D eigenvalue weighted by molar-refractivity contribution is 6.33. The molecule has 0 aliphatic carbocycles. The van der Waals surface area contributed by atoms with Crippen molar-refractivity contribution in [1.29, 1.82) is 0 Å². The summed E-state index contributed by atoms with van der Waals surface area (Å²) in [5, 5.41) is 11.0. The van der Waals surface area contributed by atoms with Crippen LogP contribution in [-0.2, 0) is 0 Å². The van der Waals surface area contributed by atoms with E-state index in [0.29, 0.717) is 11.2 Å². The Kier molecular flexibility index (Phi) is 2.47. The lowest BCUT2D eigenvalue weighted by atomic mass is 10.2. The SMILES string of the molecule is Cc1nc2ccc(Cl)c([N+](=O)[O-])c2nc1C. The second-order valence-corrected chi connectivity index (χ2v) is 3.82. The number of nitrogens with zero attached hydrogens (tertiary/aromatic N) is 3. The fourth-order valence-corrected chi connectivity index (χ4v) is 1.65. The zero-order valence-corrected chi connectivity index (χ0v) is 9.45. The number of hydrogen-bond donors (Lipinski definition) is 0. The number of halogens is 1. The second kappa shape index (κ2) is 3.68. The molecule has 16 heavy (non-hydrogen) atoms. The van der Waals surface area contributed by atoms with Gasteiger partial charge in [0.1, 0.15) is 5.02 Å². The van der Waals surface area contributed by atoms with Crippen LogP contribution in [0.2, 0.25) is 5.02 Å². The molecule has 2 aromatic rings. The predicted molar refractivity (Wildman–Crippen MR) is 60.7 cm³/mol. The predicted octanol–water partition coefficient (Wildman–Crippen LogP) is 2.81. The molecule has 5 nitrogen and oxygen atoms in total. The van der Waals surface area contributed by atoms with Crippen LogP contribution < -0.4 is 0 Å². The molecule has 0 saturated carbocycles. The summed E-state index contributed by atoms with van der Waals surface area (Å²) in [4.78, 5) is 18.8. The van der Waals surface area contributed by atoms with Crippen LogP contribution in [0.4, 0.5) is 5.69 Å². The number of nitro benzene ring substituents is 1. The van der Waals surface area contributed by atoms with Crippen molar-refractivity contribution >= 4 is 28.3 Å². The third-order valence-corrected chi connectivity index (χ3v) is 2.66. The quantitative estimate of drug-likeness (QED) is 0.565. The maximum Gasteiger partial charge on any atom is 0.315 e. The molecule has 1 aromatic carbocycles. The third-order valence-electron chi connectivity index (χ3n) is 2.35. The standard InChI is InChI=1S/C10H8ClN3O2/c1-5-6(2)13-9-8(12-5)4-3-7(11)10(9)14(15)16/h3-4H,1-2H3. The Labute approximate surface area is 96.2 Å². The number of fused-ring (bicyclic) bond motifs is 1. The van der Waals surface area contributed by atoms with Crippen LogP contribution in [-0.4, -0.2) is 14.9 Å². The van der Waals surface area contributed by atoms with Gasteiger partial charge < -0.3 is 0 Å². The lowest BCUT2D eigenvalue weighted by Crippen LogP contribution is -1.98. The summed E-state index contributed by atoms with van der Waals surface area (Å²) in [6.45, 7) is 3.56. The first-order valence-corrected chi connectivity index (χ1v) is 4.96. The minimum Gasteiger partial charge on any atom is -0.258 e. The second-order valence-electron chi connectivity index (χ2n) is 3.42. The monoisotopic (exact) mass is 237 g/mol. The molecule has 0 spiro atoms.